The van der Waals surface area contributed by atoms with Gasteiger partial charge in [0.25, 0.3) is 5.91 Å². The van der Waals surface area contributed by atoms with Gasteiger partial charge in [0.1, 0.15) is 0 Å². The molecule has 1 aromatic rings. The van der Waals surface area contributed by atoms with Gasteiger partial charge in [-0.05, 0) is 43.7 Å². The molecule has 0 radical (unpaired) electrons. The molecule has 0 heterocycles. The number of nitrogen functional groups attached to an aromatic ring is 1. The van der Waals surface area contributed by atoms with Crippen molar-refractivity contribution in [3.8, 4) is 0 Å². The molecular formula is C16H22N2O3. The van der Waals surface area contributed by atoms with Crippen LogP contribution in [-0.2, 0) is 9.53 Å². The number of benzene rings is 1. The predicted molar refractivity (Wildman–Crippen MR) is 80.7 cm³/mol. The van der Waals surface area contributed by atoms with Crippen molar-refractivity contribution >= 4 is 17.6 Å². The number of para-hydroxylation sites is 1. The number of hydrogen-bond acceptors (Lipinski definition) is 4. The molecule has 1 saturated carbocycles. The third-order valence-electron chi connectivity index (χ3n) is 4.14. The number of amides is 1. The normalized spacial score (nSPS) is 21.6. The molecule has 5 heteroatoms. The summed E-state index contributed by atoms with van der Waals surface area (Å²) >= 11 is 0. The summed E-state index contributed by atoms with van der Waals surface area (Å²) in [6, 6.07) is 7.04. The Kier molecular flexibility index (Phi) is 5.20. The van der Waals surface area contributed by atoms with Crippen LogP contribution in [0.25, 0.3) is 0 Å². The molecule has 1 aromatic carbocycles. The summed E-state index contributed by atoms with van der Waals surface area (Å²) in [6.07, 6.45) is 3.54. The first-order valence-corrected chi connectivity index (χ1v) is 7.32. The predicted octanol–water partition coefficient (Wildman–Crippen LogP) is 1.98. The van der Waals surface area contributed by atoms with Crippen molar-refractivity contribution in [2.24, 2.45) is 11.8 Å². The smallest absolute Gasteiger partial charge is 0.308 e. The van der Waals surface area contributed by atoms with Gasteiger partial charge in [-0.15, -0.1) is 0 Å². The average molecular weight is 290 g/mol. The zero-order chi connectivity index (χ0) is 15.2. The molecule has 1 amide bonds. The maximum atomic E-state index is 12.1. The van der Waals surface area contributed by atoms with E-state index >= 15 is 0 Å². The van der Waals surface area contributed by atoms with Gasteiger partial charge in [-0.1, -0.05) is 12.1 Å². The van der Waals surface area contributed by atoms with Crippen LogP contribution >= 0.6 is 0 Å². The lowest BCUT2D eigenvalue weighted by atomic mass is 9.82. The zero-order valence-corrected chi connectivity index (χ0v) is 12.3. The van der Waals surface area contributed by atoms with Crippen molar-refractivity contribution in [3.63, 3.8) is 0 Å². The summed E-state index contributed by atoms with van der Waals surface area (Å²) in [5.41, 5.74) is 6.79. The highest BCUT2D eigenvalue weighted by atomic mass is 16.5. The molecule has 0 aliphatic heterocycles. The highest BCUT2D eigenvalue weighted by molar-refractivity contribution is 5.99. The Balaban J connectivity index is 1.79. The average Bonchev–Trinajstić information content (AvgIpc) is 2.52. The molecule has 0 spiro atoms. The highest BCUT2D eigenvalue weighted by Crippen LogP contribution is 2.29. The molecule has 0 atom stereocenters. The van der Waals surface area contributed by atoms with Gasteiger partial charge in [-0.3, -0.25) is 9.59 Å². The molecule has 114 valence electrons. The van der Waals surface area contributed by atoms with E-state index in [2.05, 4.69) is 5.32 Å². The Labute approximate surface area is 124 Å². The third-order valence-corrected chi connectivity index (χ3v) is 4.14. The van der Waals surface area contributed by atoms with Crippen LogP contribution in [0.4, 0.5) is 5.69 Å². The lowest BCUT2D eigenvalue weighted by Crippen LogP contribution is -2.33. The molecule has 5 nitrogen and oxygen atoms in total. The van der Waals surface area contributed by atoms with E-state index in [0.29, 0.717) is 23.7 Å². The van der Waals surface area contributed by atoms with Gasteiger partial charge in [0.15, 0.2) is 0 Å². The molecular weight excluding hydrogens is 268 g/mol. The van der Waals surface area contributed by atoms with Crippen LogP contribution in [0.3, 0.4) is 0 Å². The summed E-state index contributed by atoms with van der Waals surface area (Å²) in [4.78, 5) is 23.5. The Morgan fingerprint density at radius 3 is 2.52 bits per heavy atom. The second-order valence-corrected chi connectivity index (χ2v) is 5.54. The fourth-order valence-corrected chi connectivity index (χ4v) is 2.80. The van der Waals surface area contributed by atoms with Crippen LogP contribution in [0.1, 0.15) is 36.0 Å². The number of esters is 1. The molecule has 0 unspecified atom stereocenters. The first-order chi connectivity index (χ1) is 10.1. The van der Waals surface area contributed by atoms with Gasteiger partial charge in [0.2, 0.25) is 0 Å². The van der Waals surface area contributed by atoms with E-state index < -0.39 is 0 Å². The standard InChI is InChI=1S/C16H22N2O3/c1-21-16(20)12-8-6-11(7-9-12)10-18-15(19)13-4-2-3-5-14(13)17/h2-5,11-12H,6-10,17H2,1H3,(H,18,19)/t11-,12+. The maximum Gasteiger partial charge on any atom is 0.308 e. The number of carbonyl (C=O) groups is 2. The maximum absolute atomic E-state index is 12.1. The lowest BCUT2D eigenvalue weighted by molar-refractivity contribution is -0.146. The number of ether oxygens (including phenoxy) is 1. The van der Waals surface area contributed by atoms with Crippen molar-refractivity contribution in [1.29, 1.82) is 0 Å². The molecule has 1 fully saturated rings. The molecule has 0 bridgehead atoms. The van der Waals surface area contributed by atoms with E-state index in [0.717, 1.165) is 25.7 Å². The molecule has 2 rings (SSSR count). The Morgan fingerprint density at radius 1 is 1.24 bits per heavy atom. The Bertz CT molecular complexity index is 508. The second-order valence-electron chi connectivity index (χ2n) is 5.54. The molecule has 0 aromatic heterocycles. The van der Waals surface area contributed by atoms with E-state index in [4.69, 9.17) is 10.5 Å². The quantitative estimate of drug-likeness (QED) is 0.656. The van der Waals surface area contributed by atoms with Crippen molar-refractivity contribution in [1.82, 2.24) is 5.32 Å². The molecule has 21 heavy (non-hydrogen) atoms. The minimum absolute atomic E-state index is 0.0201. The van der Waals surface area contributed by atoms with Gasteiger partial charge in [-0.2, -0.15) is 0 Å². The lowest BCUT2D eigenvalue weighted by Gasteiger charge is -2.27. The van der Waals surface area contributed by atoms with E-state index in [1.807, 2.05) is 0 Å². The fourth-order valence-electron chi connectivity index (χ4n) is 2.80. The molecule has 3 N–H and O–H groups in total. The van der Waals surface area contributed by atoms with E-state index in [1.165, 1.54) is 7.11 Å². The van der Waals surface area contributed by atoms with Crippen LogP contribution in [0.2, 0.25) is 0 Å². The zero-order valence-electron chi connectivity index (χ0n) is 12.3. The van der Waals surface area contributed by atoms with Crippen LogP contribution in [0.15, 0.2) is 24.3 Å². The summed E-state index contributed by atoms with van der Waals surface area (Å²) in [5, 5.41) is 2.93. The minimum Gasteiger partial charge on any atom is -0.469 e. The van der Waals surface area contributed by atoms with Gasteiger partial charge < -0.3 is 15.8 Å². The number of rotatable bonds is 4. The van der Waals surface area contributed by atoms with E-state index in [-0.39, 0.29) is 17.8 Å². The van der Waals surface area contributed by atoms with Gasteiger partial charge in [0, 0.05) is 12.2 Å². The SMILES string of the molecule is COC(=O)[C@H]1CC[C@@H](CNC(=O)c2ccccc2N)CC1. The van der Waals surface area contributed by atoms with Crippen molar-refractivity contribution in [2.45, 2.75) is 25.7 Å². The first kappa shape index (κ1) is 15.4. The Morgan fingerprint density at radius 2 is 1.90 bits per heavy atom. The van der Waals surface area contributed by atoms with Gasteiger partial charge in [0.05, 0.1) is 18.6 Å². The number of carbonyl (C=O) groups excluding carboxylic acids is 2. The topological polar surface area (TPSA) is 81.4 Å². The summed E-state index contributed by atoms with van der Waals surface area (Å²) in [6.45, 7) is 0.626. The van der Waals surface area contributed by atoms with Gasteiger partial charge >= 0.3 is 5.97 Å². The first-order valence-electron chi connectivity index (χ1n) is 7.32. The molecule has 1 aliphatic rings. The van der Waals surface area contributed by atoms with Crippen LogP contribution in [0.5, 0.6) is 0 Å². The monoisotopic (exact) mass is 290 g/mol. The van der Waals surface area contributed by atoms with Crippen molar-refractivity contribution in [2.75, 3.05) is 19.4 Å². The Hall–Kier alpha value is -2.04. The summed E-state index contributed by atoms with van der Waals surface area (Å²) in [7, 11) is 1.43. The molecule has 1 aliphatic carbocycles. The minimum atomic E-state index is -0.136. The highest BCUT2D eigenvalue weighted by Gasteiger charge is 2.27. The molecule has 0 saturated heterocycles. The van der Waals surface area contributed by atoms with Crippen molar-refractivity contribution < 1.29 is 14.3 Å². The number of methoxy groups -OCH3 is 1. The summed E-state index contributed by atoms with van der Waals surface area (Å²) < 4.78 is 4.77. The number of nitrogens with two attached hydrogens (primary N) is 1. The number of nitrogens with one attached hydrogen (secondary N) is 1. The van der Waals surface area contributed by atoms with Crippen LogP contribution in [-0.4, -0.2) is 25.5 Å². The van der Waals surface area contributed by atoms with Gasteiger partial charge in [-0.25, -0.2) is 0 Å². The summed E-state index contributed by atoms with van der Waals surface area (Å²) in [5.74, 6) is 0.184. The van der Waals surface area contributed by atoms with Crippen LogP contribution in [0, 0.1) is 11.8 Å². The van der Waals surface area contributed by atoms with E-state index in [9.17, 15) is 9.59 Å². The third kappa shape index (κ3) is 3.97. The van der Waals surface area contributed by atoms with Crippen LogP contribution < -0.4 is 11.1 Å². The van der Waals surface area contributed by atoms with Crippen molar-refractivity contribution in [3.05, 3.63) is 29.8 Å². The largest absolute Gasteiger partial charge is 0.469 e. The fraction of sp³-hybridized carbons (Fsp3) is 0.500. The number of anilines is 1. The second kappa shape index (κ2) is 7.11. The van der Waals surface area contributed by atoms with E-state index in [1.54, 1.807) is 24.3 Å². The number of hydrogen-bond donors (Lipinski definition) is 2.